The summed E-state index contributed by atoms with van der Waals surface area (Å²) in [5.74, 6) is -5.80. The van der Waals surface area contributed by atoms with Gasteiger partial charge >= 0.3 is 18.1 Å². The minimum atomic E-state index is -5.11. The van der Waals surface area contributed by atoms with Crippen molar-refractivity contribution in [1.29, 1.82) is 0 Å². The zero-order valence-corrected chi connectivity index (χ0v) is 12.2. The van der Waals surface area contributed by atoms with E-state index in [0.717, 1.165) is 14.2 Å². The van der Waals surface area contributed by atoms with Gasteiger partial charge in [0.15, 0.2) is 5.56 Å². The molecule has 1 rings (SSSR count). The van der Waals surface area contributed by atoms with Crippen LogP contribution in [-0.2, 0) is 15.7 Å². The van der Waals surface area contributed by atoms with Crippen LogP contribution in [0.25, 0.3) is 0 Å². The highest BCUT2D eigenvalue weighted by Gasteiger charge is 2.43. The van der Waals surface area contributed by atoms with Crippen molar-refractivity contribution in [2.75, 3.05) is 14.2 Å². The highest BCUT2D eigenvalue weighted by Crippen LogP contribution is 2.34. The maximum atomic E-state index is 13.0. The molecule has 0 unspecified atom stereocenters. The highest BCUT2D eigenvalue weighted by atomic mass is 19.4. The van der Waals surface area contributed by atoms with Crippen molar-refractivity contribution in [3.05, 3.63) is 32.9 Å². The summed E-state index contributed by atoms with van der Waals surface area (Å²) in [6.45, 7) is 2.84. The molecule has 0 atom stereocenters. The lowest BCUT2D eigenvalue weighted by Gasteiger charge is -2.15. The smallest absolute Gasteiger partial charge is 0.450 e. The second-order valence-electron chi connectivity index (χ2n) is 4.51. The average Bonchev–Trinajstić information content (AvgIpc) is 2.43. The van der Waals surface area contributed by atoms with Crippen LogP contribution in [0.5, 0.6) is 0 Å². The number of ether oxygens (including phenoxy) is 2. The van der Waals surface area contributed by atoms with Crippen molar-refractivity contribution in [3.63, 3.8) is 0 Å². The second-order valence-corrected chi connectivity index (χ2v) is 4.51. The third-order valence-electron chi connectivity index (χ3n) is 2.70. The Balaban J connectivity index is 3.94. The molecule has 0 aromatic carbocycles. The monoisotopic (exact) mass is 322 g/mol. The van der Waals surface area contributed by atoms with Crippen molar-refractivity contribution in [1.82, 2.24) is 0 Å². The van der Waals surface area contributed by atoms with Gasteiger partial charge < -0.3 is 13.9 Å². The molecule has 0 fully saturated rings. The number of alkyl halides is 3. The standard InChI is InChI=1S/C13H13F3O6/c1-5(2)9-6(11(18)20-3)8(17)7(12(19)21-4)10(22-9)13(14,15)16/h5H,1-4H3. The second kappa shape index (κ2) is 6.20. The van der Waals surface area contributed by atoms with Gasteiger partial charge in [-0.25, -0.2) is 9.59 Å². The van der Waals surface area contributed by atoms with E-state index in [0.29, 0.717) is 0 Å². The van der Waals surface area contributed by atoms with Crippen LogP contribution in [0.15, 0.2) is 9.21 Å². The fraction of sp³-hybridized carbons (Fsp3) is 0.462. The van der Waals surface area contributed by atoms with Gasteiger partial charge in [-0.05, 0) is 0 Å². The quantitative estimate of drug-likeness (QED) is 0.795. The molecule has 1 aromatic rings. The molecule has 0 aliphatic rings. The fourth-order valence-electron chi connectivity index (χ4n) is 1.74. The molecule has 0 amide bonds. The molecule has 1 aromatic heterocycles. The van der Waals surface area contributed by atoms with E-state index in [9.17, 15) is 27.6 Å². The first-order chi connectivity index (χ1) is 10.1. The van der Waals surface area contributed by atoms with Gasteiger partial charge in [-0.2, -0.15) is 13.2 Å². The first-order valence-electron chi connectivity index (χ1n) is 6.01. The Labute approximate surface area is 122 Å². The van der Waals surface area contributed by atoms with Crippen molar-refractivity contribution >= 4 is 11.9 Å². The number of hydrogen-bond donors (Lipinski definition) is 0. The van der Waals surface area contributed by atoms with Gasteiger partial charge in [0.2, 0.25) is 11.2 Å². The van der Waals surface area contributed by atoms with E-state index in [2.05, 4.69) is 13.9 Å². The molecule has 0 N–H and O–H groups in total. The van der Waals surface area contributed by atoms with Crippen molar-refractivity contribution in [3.8, 4) is 0 Å². The first kappa shape index (κ1) is 17.7. The fourth-order valence-corrected chi connectivity index (χ4v) is 1.74. The first-order valence-corrected chi connectivity index (χ1v) is 6.01. The van der Waals surface area contributed by atoms with Gasteiger partial charge in [-0.1, -0.05) is 13.8 Å². The van der Waals surface area contributed by atoms with Gasteiger partial charge in [0.05, 0.1) is 14.2 Å². The van der Waals surface area contributed by atoms with E-state index < -0.39 is 52.1 Å². The number of halogens is 3. The highest BCUT2D eigenvalue weighted by molar-refractivity contribution is 5.96. The molecule has 0 bridgehead atoms. The van der Waals surface area contributed by atoms with Crippen LogP contribution >= 0.6 is 0 Å². The summed E-state index contributed by atoms with van der Waals surface area (Å²) in [5, 5.41) is 0. The Kier molecular flexibility index (Phi) is 5.00. The van der Waals surface area contributed by atoms with E-state index in [1.54, 1.807) is 0 Å². The molecule has 0 radical (unpaired) electrons. The zero-order valence-electron chi connectivity index (χ0n) is 12.2. The molecule has 1 heterocycles. The van der Waals surface area contributed by atoms with Crippen LogP contribution in [0, 0.1) is 0 Å². The van der Waals surface area contributed by atoms with Crippen LogP contribution in [0.3, 0.4) is 0 Å². The largest absolute Gasteiger partial charge is 0.465 e. The molecule has 0 saturated heterocycles. The third kappa shape index (κ3) is 3.12. The van der Waals surface area contributed by atoms with Gasteiger partial charge in [0.1, 0.15) is 11.3 Å². The number of rotatable bonds is 3. The molecule has 9 heteroatoms. The van der Waals surface area contributed by atoms with Crippen molar-refractivity contribution < 1.29 is 36.7 Å². The topological polar surface area (TPSA) is 82.8 Å². The van der Waals surface area contributed by atoms with Crippen LogP contribution in [-0.4, -0.2) is 26.2 Å². The SMILES string of the molecule is COC(=O)c1c(C(C)C)oc(C(F)(F)F)c(C(=O)OC)c1=O. The van der Waals surface area contributed by atoms with Gasteiger partial charge in [0.25, 0.3) is 0 Å². The van der Waals surface area contributed by atoms with E-state index in [1.165, 1.54) is 13.8 Å². The minimum Gasteiger partial charge on any atom is -0.465 e. The maximum absolute atomic E-state index is 13.0. The third-order valence-corrected chi connectivity index (χ3v) is 2.70. The summed E-state index contributed by atoms with van der Waals surface area (Å²) in [6.07, 6.45) is -5.11. The van der Waals surface area contributed by atoms with E-state index >= 15 is 0 Å². The number of methoxy groups -OCH3 is 2. The normalized spacial score (nSPS) is 11.5. The number of carbonyl (C=O) groups is 2. The Bertz CT molecular complexity index is 657. The predicted molar refractivity (Wildman–Crippen MR) is 66.7 cm³/mol. The maximum Gasteiger partial charge on any atom is 0.450 e. The van der Waals surface area contributed by atoms with Gasteiger partial charge in [-0.15, -0.1) is 0 Å². The lowest BCUT2D eigenvalue weighted by molar-refractivity contribution is -0.155. The van der Waals surface area contributed by atoms with Crippen molar-refractivity contribution in [2.45, 2.75) is 25.9 Å². The van der Waals surface area contributed by atoms with Crippen LogP contribution in [0.4, 0.5) is 13.2 Å². The Morgan fingerprint density at radius 1 is 1.05 bits per heavy atom. The van der Waals surface area contributed by atoms with E-state index in [1.807, 2.05) is 0 Å². The predicted octanol–water partition coefficient (Wildman–Crippen LogP) is 2.36. The summed E-state index contributed by atoms with van der Waals surface area (Å²) >= 11 is 0. The van der Waals surface area contributed by atoms with E-state index in [4.69, 9.17) is 0 Å². The summed E-state index contributed by atoms with van der Waals surface area (Å²) < 4.78 is 52.3. The molecule has 0 aliphatic heterocycles. The summed E-state index contributed by atoms with van der Waals surface area (Å²) in [5.41, 5.74) is -3.59. The molecule has 122 valence electrons. The van der Waals surface area contributed by atoms with Gasteiger partial charge in [0, 0.05) is 5.92 Å². The van der Waals surface area contributed by atoms with Crippen LogP contribution < -0.4 is 5.43 Å². The Morgan fingerprint density at radius 3 is 1.86 bits per heavy atom. The number of carbonyl (C=O) groups excluding carboxylic acids is 2. The summed E-state index contributed by atoms with van der Waals surface area (Å²) in [4.78, 5) is 35.4. The zero-order chi connectivity index (χ0) is 17.2. The minimum absolute atomic E-state index is 0.517. The molecular weight excluding hydrogens is 309 g/mol. The average molecular weight is 322 g/mol. The van der Waals surface area contributed by atoms with E-state index in [-0.39, 0.29) is 0 Å². The number of esters is 2. The summed E-state index contributed by atoms with van der Waals surface area (Å²) in [7, 11) is 1.75. The lowest BCUT2D eigenvalue weighted by Crippen LogP contribution is -2.30. The van der Waals surface area contributed by atoms with Crippen LogP contribution in [0.1, 0.15) is 52.0 Å². The Morgan fingerprint density at radius 2 is 1.50 bits per heavy atom. The molecule has 0 saturated carbocycles. The molecular formula is C13H13F3O6. The molecule has 6 nitrogen and oxygen atoms in total. The molecule has 0 aliphatic carbocycles. The van der Waals surface area contributed by atoms with Gasteiger partial charge in [-0.3, -0.25) is 4.79 Å². The molecule has 0 spiro atoms. The van der Waals surface area contributed by atoms with Crippen LogP contribution in [0.2, 0.25) is 0 Å². The number of hydrogen-bond acceptors (Lipinski definition) is 6. The van der Waals surface area contributed by atoms with Crippen molar-refractivity contribution in [2.24, 2.45) is 0 Å². The summed E-state index contributed by atoms with van der Waals surface area (Å²) in [6, 6.07) is 0. The lowest BCUT2D eigenvalue weighted by atomic mass is 10.0. The molecule has 22 heavy (non-hydrogen) atoms. The Hall–Kier alpha value is -2.32.